The first-order valence-electron chi connectivity index (χ1n) is 10.3. The highest BCUT2D eigenvalue weighted by Gasteiger charge is 2.36. The number of aliphatic hydroxyl groups is 1. The van der Waals surface area contributed by atoms with Crippen LogP contribution in [0.5, 0.6) is 0 Å². The average Bonchev–Trinajstić information content (AvgIpc) is 2.67. The van der Waals surface area contributed by atoms with Crippen molar-refractivity contribution >= 4 is 15.9 Å². The molecule has 6 nitrogen and oxygen atoms in total. The zero-order valence-corrected chi connectivity index (χ0v) is 17.7. The number of hydrogen-bond acceptors (Lipinski definition) is 4. The van der Waals surface area contributed by atoms with Crippen LogP contribution in [-0.2, 0) is 20.6 Å². The predicted molar refractivity (Wildman–Crippen MR) is 109 cm³/mol. The van der Waals surface area contributed by atoms with Crippen LogP contribution in [-0.4, -0.2) is 60.9 Å². The lowest BCUT2D eigenvalue weighted by Crippen LogP contribution is -2.50. The number of aliphatic hydroxyl groups excluding tert-OH is 1. The lowest BCUT2D eigenvalue weighted by molar-refractivity contribution is -0.141. The Labute approximate surface area is 168 Å². The third-order valence-corrected chi connectivity index (χ3v) is 8.02. The number of likely N-dealkylation sites (N-methyl/N-ethyl adjacent to an activating group) is 1. The van der Waals surface area contributed by atoms with Gasteiger partial charge in [-0.15, -0.1) is 0 Å². The van der Waals surface area contributed by atoms with Crippen LogP contribution in [0.25, 0.3) is 0 Å². The molecule has 156 valence electrons. The Morgan fingerprint density at radius 1 is 1.18 bits per heavy atom. The maximum atomic E-state index is 12.9. The first-order chi connectivity index (χ1) is 13.3. The SMILES string of the molecule is Cc1cccc(CS(=O)(=O)N2CCC(C(=O)N(C)[C@H]3CCCC[C@H]3O)CC2)c1. The number of hydrogen-bond donors (Lipinski definition) is 1. The number of carbonyl (C=O) groups is 1. The van der Waals surface area contributed by atoms with Gasteiger partial charge in [0.25, 0.3) is 0 Å². The summed E-state index contributed by atoms with van der Waals surface area (Å²) in [7, 11) is -1.60. The molecule has 2 aliphatic rings. The van der Waals surface area contributed by atoms with E-state index in [1.807, 2.05) is 31.2 Å². The van der Waals surface area contributed by atoms with Gasteiger partial charge < -0.3 is 10.0 Å². The van der Waals surface area contributed by atoms with E-state index in [1.54, 1.807) is 11.9 Å². The normalized spacial score (nSPS) is 24.8. The Hall–Kier alpha value is -1.44. The number of benzene rings is 1. The molecule has 0 unspecified atom stereocenters. The van der Waals surface area contributed by atoms with Crippen LogP contribution in [0.1, 0.15) is 49.7 Å². The van der Waals surface area contributed by atoms with Gasteiger partial charge in [-0.3, -0.25) is 4.79 Å². The molecular weight excluding hydrogens is 376 g/mol. The summed E-state index contributed by atoms with van der Waals surface area (Å²) in [5, 5.41) is 10.2. The number of piperidine rings is 1. The van der Waals surface area contributed by atoms with Crippen LogP contribution in [0.3, 0.4) is 0 Å². The highest BCUT2D eigenvalue weighted by Crippen LogP contribution is 2.27. The minimum Gasteiger partial charge on any atom is -0.391 e. The van der Waals surface area contributed by atoms with Crippen molar-refractivity contribution in [3.8, 4) is 0 Å². The second-order valence-corrected chi connectivity index (χ2v) is 10.3. The summed E-state index contributed by atoms with van der Waals surface area (Å²) in [4.78, 5) is 14.6. The van der Waals surface area contributed by atoms with Gasteiger partial charge in [0, 0.05) is 26.1 Å². The van der Waals surface area contributed by atoms with Gasteiger partial charge >= 0.3 is 0 Å². The number of carbonyl (C=O) groups excluding carboxylic acids is 1. The molecule has 28 heavy (non-hydrogen) atoms. The molecule has 1 aliphatic heterocycles. The summed E-state index contributed by atoms with van der Waals surface area (Å²) in [5.74, 6) is -0.118. The van der Waals surface area contributed by atoms with Crippen molar-refractivity contribution < 1.29 is 18.3 Å². The molecule has 0 radical (unpaired) electrons. The molecule has 1 aromatic rings. The van der Waals surface area contributed by atoms with Crippen LogP contribution < -0.4 is 0 Å². The van der Waals surface area contributed by atoms with Crippen LogP contribution in [0, 0.1) is 12.8 Å². The van der Waals surface area contributed by atoms with Gasteiger partial charge in [0.2, 0.25) is 15.9 Å². The molecule has 1 aromatic carbocycles. The van der Waals surface area contributed by atoms with Gasteiger partial charge in [-0.2, -0.15) is 0 Å². The van der Waals surface area contributed by atoms with E-state index in [2.05, 4.69) is 0 Å². The van der Waals surface area contributed by atoms with E-state index < -0.39 is 16.1 Å². The van der Waals surface area contributed by atoms with Crippen molar-refractivity contribution in [3.63, 3.8) is 0 Å². The maximum Gasteiger partial charge on any atom is 0.225 e. The molecule has 2 atom stereocenters. The number of sulfonamides is 1. The first kappa shape index (κ1) is 21.3. The van der Waals surface area contributed by atoms with E-state index in [4.69, 9.17) is 0 Å². The van der Waals surface area contributed by atoms with Crippen molar-refractivity contribution in [2.45, 2.75) is 63.3 Å². The summed E-state index contributed by atoms with van der Waals surface area (Å²) in [6.07, 6.45) is 4.27. The van der Waals surface area contributed by atoms with Crippen molar-refractivity contribution in [1.82, 2.24) is 9.21 Å². The Morgan fingerprint density at radius 2 is 1.86 bits per heavy atom. The molecule has 1 amide bonds. The molecule has 7 heteroatoms. The Morgan fingerprint density at radius 3 is 2.50 bits per heavy atom. The molecule has 0 bridgehead atoms. The third-order valence-electron chi connectivity index (χ3n) is 6.17. The summed E-state index contributed by atoms with van der Waals surface area (Å²) >= 11 is 0. The van der Waals surface area contributed by atoms with Gasteiger partial charge in [-0.25, -0.2) is 12.7 Å². The largest absolute Gasteiger partial charge is 0.391 e. The van der Waals surface area contributed by atoms with Crippen molar-refractivity contribution in [1.29, 1.82) is 0 Å². The minimum atomic E-state index is -3.38. The summed E-state index contributed by atoms with van der Waals surface area (Å²) in [6, 6.07) is 7.46. The molecule has 1 N–H and O–H groups in total. The maximum absolute atomic E-state index is 12.9. The minimum absolute atomic E-state index is 0.00145. The lowest BCUT2D eigenvalue weighted by Gasteiger charge is -2.38. The molecule has 1 heterocycles. The lowest BCUT2D eigenvalue weighted by atomic mass is 9.89. The second kappa shape index (κ2) is 8.93. The summed E-state index contributed by atoms with van der Waals surface area (Å²) < 4.78 is 27.1. The number of amides is 1. The molecule has 1 aliphatic carbocycles. The van der Waals surface area contributed by atoms with E-state index in [-0.39, 0.29) is 23.6 Å². The van der Waals surface area contributed by atoms with Gasteiger partial charge in [0.1, 0.15) is 0 Å². The number of aryl methyl sites for hydroxylation is 1. The van der Waals surface area contributed by atoms with Crippen molar-refractivity contribution in [3.05, 3.63) is 35.4 Å². The fourth-order valence-corrected chi connectivity index (χ4v) is 6.03. The monoisotopic (exact) mass is 408 g/mol. The standard InChI is InChI=1S/C21H32N2O4S/c1-16-6-5-7-17(14-16)15-28(26,27)23-12-10-18(11-13-23)21(25)22(2)19-8-3-4-9-20(19)24/h5-7,14,18-20,24H,3-4,8-13,15H2,1-2H3/t19-,20+/m0/s1. The van der Waals surface area contributed by atoms with E-state index in [9.17, 15) is 18.3 Å². The zero-order chi connectivity index (χ0) is 20.3. The second-order valence-electron chi connectivity index (χ2n) is 8.29. The van der Waals surface area contributed by atoms with Gasteiger partial charge in [0.05, 0.1) is 17.9 Å². The summed E-state index contributed by atoms with van der Waals surface area (Å²) in [5.41, 5.74) is 1.84. The zero-order valence-electron chi connectivity index (χ0n) is 16.9. The molecule has 3 rings (SSSR count). The number of nitrogens with zero attached hydrogens (tertiary/aromatic N) is 2. The number of rotatable bonds is 5. The quantitative estimate of drug-likeness (QED) is 0.811. The Balaban J connectivity index is 1.56. The Kier molecular flexibility index (Phi) is 6.78. The van der Waals surface area contributed by atoms with Gasteiger partial charge in [-0.1, -0.05) is 42.7 Å². The van der Waals surface area contributed by atoms with E-state index >= 15 is 0 Å². The fraction of sp³-hybridized carbons (Fsp3) is 0.667. The van der Waals surface area contributed by atoms with Crippen LogP contribution in [0.4, 0.5) is 0 Å². The molecule has 0 aromatic heterocycles. The molecule has 1 saturated carbocycles. The smallest absolute Gasteiger partial charge is 0.225 e. The third kappa shape index (κ3) is 4.93. The van der Waals surface area contributed by atoms with E-state index in [1.165, 1.54) is 4.31 Å². The van der Waals surface area contributed by atoms with Gasteiger partial charge in [0.15, 0.2) is 0 Å². The van der Waals surface area contributed by atoms with Crippen molar-refractivity contribution in [2.75, 3.05) is 20.1 Å². The highest BCUT2D eigenvalue weighted by molar-refractivity contribution is 7.88. The van der Waals surface area contributed by atoms with Crippen LogP contribution in [0.15, 0.2) is 24.3 Å². The molecule has 2 fully saturated rings. The molecular formula is C21H32N2O4S. The topological polar surface area (TPSA) is 77.9 Å². The average molecular weight is 409 g/mol. The van der Waals surface area contributed by atoms with Gasteiger partial charge in [-0.05, 0) is 38.2 Å². The van der Waals surface area contributed by atoms with Crippen LogP contribution >= 0.6 is 0 Å². The highest BCUT2D eigenvalue weighted by atomic mass is 32.2. The fourth-order valence-electron chi connectivity index (χ4n) is 4.48. The predicted octanol–water partition coefficient (Wildman–Crippen LogP) is 2.30. The molecule has 0 spiro atoms. The van der Waals surface area contributed by atoms with Crippen molar-refractivity contribution in [2.24, 2.45) is 5.92 Å². The van der Waals surface area contributed by atoms with E-state index in [0.717, 1.165) is 36.8 Å². The first-order valence-corrected chi connectivity index (χ1v) is 11.9. The summed E-state index contributed by atoms with van der Waals surface area (Å²) in [6.45, 7) is 2.71. The van der Waals surface area contributed by atoms with Crippen LogP contribution in [0.2, 0.25) is 0 Å². The Bertz CT molecular complexity index is 787. The van der Waals surface area contributed by atoms with E-state index in [0.29, 0.717) is 25.9 Å². The molecule has 1 saturated heterocycles.